The summed E-state index contributed by atoms with van der Waals surface area (Å²) in [6, 6.07) is 3.33. The Morgan fingerprint density at radius 2 is 2.33 bits per heavy atom. The first-order chi connectivity index (χ1) is 9.87. The number of aromatic nitrogens is 1. The van der Waals surface area contributed by atoms with Crippen LogP contribution in [0.3, 0.4) is 0 Å². The van der Waals surface area contributed by atoms with Crippen molar-refractivity contribution in [2.75, 3.05) is 31.6 Å². The van der Waals surface area contributed by atoms with E-state index in [4.69, 9.17) is 5.73 Å². The van der Waals surface area contributed by atoms with Crippen molar-refractivity contribution in [2.45, 2.75) is 12.8 Å². The summed E-state index contributed by atoms with van der Waals surface area (Å²) in [6.45, 7) is 1.50. The topological polar surface area (TPSA) is 105 Å². The minimum Gasteiger partial charge on any atom is -0.397 e. The highest BCUT2D eigenvalue weighted by Crippen LogP contribution is 2.19. The SMILES string of the molecule is CS(=O)(=O)NCC1CCCN(C(=O)c2ncccc2N)C1. The number of piperidine rings is 1. The number of hydrogen-bond donors (Lipinski definition) is 2. The van der Waals surface area contributed by atoms with Gasteiger partial charge in [-0.1, -0.05) is 0 Å². The van der Waals surface area contributed by atoms with E-state index in [1.54, 1.807) is 17.0 Å². The molecule has 0 bridgehead atoms. The zero-order valence-electron chi connectivity index (χ0n) is 11.9. The van der Waals surface area contributed by atoms with E-state index in [-0.39, 0.29) is 17.5 Å². The van der Waals surface area contributed by atoms with Crippen LogP contribution in [0.15, 0.2) is 18.3 Å². The molecule has 1 aromatic heterocycles. The number of amides is 1. The number of pyridine rings is 1. The molecule has 1 unspecified atom stereocenters. The third-order valence-electron chi connectivity index (χ3n) is 3.48. The standard InChI is InChI=1S/C13H20N4O3S/c1-21(19,20)16-8-10-4-3-7-17(9-10)13(18)12-11(14)5-2-6-15-12/h2,5-6,10,16H,3-4,7-9,14H2,1H3. The maximum atomic E-state index is 12.4. The van der Waals surface area contributed by atoms with E-state index in [1.165, 1.54) is 6.20 Å². The largest absolute Gasteiger partial charge is 0.397 e. The van der Waals surface area contributed by atoms with Gasteiger partial charge in [0.1, 0.15) is 0 Å². The highest BCUT2D eigenvalue weighted by atomic mass is 32.2. The van der Waals surface area contributed by atoms with E-state index >= 15 is 0 Å². The molecule has 1 aromatic rings. The molecule has 2 heterocycles. The fourth-order valence-electron chi connectivity index (χ4n) is 2.43. The second kappa shape index (κ2) is 6.40. The van der Waals surface area contributed by atoms with Gasteiger partial charge in [0.15, 0.2) is 5.69 Å². The average Bonchev–Trinajstić information content (AvgIpc) is 2.44. The van der Waals surface area contributed by atoms with Crippen LogP contribution < -0.4 is 10.5 Å². The number of rotatable bonds is 4. The van der Waals surface area contributed by atoms with E-state index in [9.17, 15) is 13.2 Å². The highest BCUT2D eigenvalue weighted by molar-refractivity contribution is 7.88. The minimum absolute atomic E-state index is 0.113. The number of carbonyl (C=O) groups excluding carboxylic acids is 1. The van der Waals surface area contributed by atoms with Crippen molar-refractivity contribution >= 4 is 21.6 Å². The molecule has 1 fully saturated rings. The van der Waals surface area contributed by atoms with Gasteiger partial charge in [0.25, 0.3) is 5.91 Å². The zero-order valence-corrected chi connectivity index (χ0v) is 12.8. The maximum Gasteiger partial charge on any atom is 0.274 e. The lowest BCUT2D eigenvalue weighted by Gasteiger charge is -2.32. The van der Waals surface area contributed by atoms with Gasteiger partial charge in [-0.2, -0.15) is 0 Å². The van der Waals surface area contributed by atoms with E-state index in [1.807, 2.05) is 0 Å². The summed E-state index contributed by atoms with van der Waals surface area (Å²) < 4.78 is 24.8. The van der Waals surface area contributed by atoms with Gasteiger partial charge in [-0.3, -0.25) is 4.79 Å². The fourth-order valence-corrected chi connectivity index (χ4v) is 2.97. The normalized spacial score (nSPS) is 19.5. The van der Waals surface area contributed by atoms with Crippen molar-refractivity contribution in [3.8, 4) is 0 Å². The number of sulfonamides is 1. The number of anilines is 1. The lowest BCUT2D eigenvalue weighted by atomic mass is 9.98. The van der Waals surface area contributed by atoms with Crippen LogP contribution in [0.5, 0.6) is 0 Å². The van der Waals surface area contributed by atoms with Crippen molar-refractivity contribution in [3.63, 3.8) is 0 Å². The van der Waals surface area contributed by atoms with Crippen LogP contribution in [0.4, 0.5) is 5.69 Å². The molecular weight excluding hydrogens is 292 g/mol. The molecule has 1 aliphatic rings. The van der Waals surface area contributed by atoms with Gasteiger partial charge in [0, 0.05) is 25.8 Å². The molecule has 1 amide bonds. The number of nitrogens with one attached hydrogen (secondary N) is 1. The molecule has 1 aliphatic heterocycles. The molecule has 1 saturated heterocycles. The minimum atomic E-state index is -3.21. The molecule has 3 N–H and O–H groups in total. The molecule has 0 aliphatic carbocycles. The van der Waals surface area contributed by atoms with Crippen molar-refractivity contribution in [1.29, 1.82) is 0 Å². The Balaban J connectivity index is 2.01. The van der Waals surface area contributed by atoms with Crippen LogP contribution in [0, 0.1) is 5.92 Å². The van der Waals surface area contributed by atoms with Crippen molar-refractivity contribution in [2.24, 2.45) is 5.92 Å². The lowest BCUT2D eigenvalue weighted by molar-refractivity contribution is 0.0671. The number of likely N-dealkylation sites (tertiary alicyclic amines) is 1. The Hall–Kier alpha value is -1.67. The number of hydrogen-bond acceptors (Lipinski definition) is 5. The number of nitrogen functional groups attached to an aromatic ring is 1. The molecular formula is C13H20N4O3S. The Labute approximate surface area is 124 Å². The Bertz CT molecular complexity index is 618. The van der Waals surface area contributed by atoms with Gasteiger partial charge >= 0.3 is 0 Å². The van der Waals surface area contributed by atoms with Gasteiger partial charge in [-0.25, -0.2) is 18.1 Å². The molecule has 0 saturated carbocycles. The van der Waals surface area contributed by atoms with Gasteiger partial charge < -0.3 is 10.6 Å². The second-order valence-electron chi connectivity index (χ2n) is 5.32. The number of carbonyl (C=O) groups is 1. The van der Waals surface area contributed by atoms with Gasteiger partial charge in [0.2, 0.25) is 10.0 Å². The smallest absolute Gasteiger partial charge is 0.274 e. The predicted molar refractivity (Wildman–Crippen MR) is 80.1 cm³/mol. The molecule has 0 radical (unpaired) electrons. The third kappa shape index (κ3) is 4.40. The lowest BCUT2D eigenvalue weighted by Crippen LogP contribution is -2.44. The highest BCUT2D eigenvalue weighted by Gasteiger charge is 2.26. The van der Waals surface area contributed by atoms with Crippen molar-refractivity contribution in [1.82, 2.24) is 14.6 Å². The van der Waals surface area contributed by atoms with E-state index in [2.05, 4.69) is 9.71 Å². The first-order valence-corrected chi connectivity index (χ1v) is 8.70. The molecule has 21 heavy (non-hydrogen) atoms. The zero-order chi connectivity index (χ0) is 15.5. The molecule has 0 aromatic carbocycles. The van der Waals surface area contributed by atoms with Crippen molar-refractivity contribution < 1.29 is 13.2 Å². The molecule has 1 atom stereocenters. The molecule has 8 heteroatoms. The third-order valence-corrected chi connectivity index (χ3v) is 4.17. The van der Waals surface area contributed by atoms with Gasteiger partial charge in [-0.15, -0.1) is 0 Å². The first kappa shape index (κ1) is 15.7. The second-order valence-corrected chi connectivity index (χ2v) is 7.15. The molecule has 0 spiro atoms. The number of nitrogens with two attached hydrogens (primary N) is 1. The van der Waals surface area contributed by atoms with Crippen molar-refractivity contribution in [3.05, 3.63) is 24.0 Å². The average molecular weight is 312 g/mol. The summed E-state index contributed by atoms with van der Waals surface area (Å²) >= 11 is 0. The van der Waals surface area contributed by atoms with E-state index in [0.717, 1.165) is 19.1 Å². The van der Waals surface area contributed by atoms with Crippen LogP contribution in [-0.4, -0.2) is 50.1 Å². The van der Waals surface area contributed by atoms with Crippen LogP contribution in [0.25, 0.3) is 0 Å². The van der Waals surface area contributed by atoms with E-state index < -0.39 is 10.0 Å². The Kier molecular flexibility index (Phi) is 4.79. The Morgan fingerprint density at radius 3 is 3.00 bits per heavy atom. The quantitative estimate of drug-likeness (QED) is 0.818. The Morgan fingerprint density at radius 1 is 1.57 bits per heavy atom. The van der Waals surface area contributed by atoms with Crippen LogP contribution in [-0.2, 0) is 10.0 Å². The summed E-state index contributed by atoms with van der Waals surface area (Å²) in [5.41, 5.74) is 6.40. The molecule has 116 valence electrons. The van der Waals surface area contributed by atoms with Crippen LogP contribution >= 0.6 is 0 Å². The van der Waals surface area contributed by atoms with Gasteiger partial charge in [-0.05, 0) is 30.9 Å². The van der Waals surface area contributed by atoms with E-state index in [0.29, 0.717) is 25.3 Å². The maximum absolute atomic E-state index is 12.4. The predicted octanol–water partition coefficient (Wildman–Crippen LogP) is 0.0652. The summed E-state index contributed by atoms with van der Waals surface area (Å²) in [5, 5.41) is 0. The number of nitrogens with zero attached hydrogens (tertiary/aromatic N) is 2. The summed E-state index contributed by atoms with van der Waals surface area (Å²) in [4.78, 5) is 18.1. The molecule has 7 nitrogen and oxygen atoms in total. The fraction of sp³-hybridized carbons (Fsp3) is 0.538. The van der Waals surface area contributed by atoms with Gasteiger partial charge in [0.05, 0.1) is 11.9 Å². The summed E-state index contributed by atoms with van der Waals surface area (Å²) in [7, 11) is -3.21. The summed E-state index contributed by atoms with van der Waals surface area (Å²) in [5.74, 6) is -0.0838. The summed E-state index contributed by atoms with van der Waals surface area (Å²) in [6.07, 6.45) is 4.40. The first-order valence-electron chi connectivity index (χ1n) is 6.81. The van der Waals surface area contributed by atoms with Crippen LogP contribution in [0.1, 0.15) is 23.3 Å². The monoisotopic (exact) mass is 312 g/mol. The molecule has 2 rings (SSSR count). The van der Waals surface area contributed by atoms with Crippen LogP contribution in [0.2, 0.25) is 0 Å².